The summed E-state index contributed by atoms with van der Waals surface area (Å²) in [6, 6.07) is 5.03. The monoisotopic (exact) mass is 260 g/mol. The molecule has 0 aromatic heterocycles. The van der Waals surface area contributed by atoms with Crippen LogP contribution >= 0.6 is 23.2 Å². The maximum Gasteiger partial charge on any atom is 0.179 e. The molecule has 0 heterocycles. The zero-order valence-electron chi connectivity index (χ0n) is 9.30. The van der Waals surface area contributed by atoms with Crippen LogP contribution in [0.25, 0.3) is 0 Å². The molecule has 0 saturated carbocycles. The molecule has 0 fully saturated rings. The molecule has 1 aromatic rings. The van der Waals surface area contributed by atoms with E-state index in [9.17, 15) is 4.79 Å². The Labute approximate surface area is 106 Å². The fourth-order valence-corrected chi connectivity index (χ4v) is 1.51. The first-order chi connectivity index (χ1) is 7.54. The van der Waals surface area contributed by atoms with Gasteiger partial charge < -0.3 is 4.74 Å². The van der Waals surface area contributed by atoms with Crippen LogP contribution in [0.5, 0.6) is 5.75 Å². The molecule has 1 aromatic carbocycles. The van der Waals surface area contributed by atoms with Gasteiger partial charge in [-0.25, -0.2) is 0 Å². The van der Waals surface area contributed by atoms with Gasteiger partial charge in [0, 0.05) is 5.56 Å². The number of hydrogen-bond acceptors (Lipinski definition) is 2. The molecule has 0 bridgehead atoms. The van der Waals surface area contributed by atoms with Gasteiger partial charge in [0.05, 0.1) is 17.5 Å². The molecule has 0 saturated heterocycles. The van der Waals surface area contributed by atoms with Crippen LogP contribution in [0, 0.1) is 5.92 Å². The molecule has 0 radical (unpaired) electrons. The highest BCUT2D eigenvalue weighted by Gasteiger charge is 2.10. The number of rotatable bonds is 5. The van der Waals surface area contributed by atoms with E-state index >= 15 is 0 Å². The van der Waals surface area contributed by atoms with Crippen LogP contribution in [0.3, 0.4) is 0 Å². The number of alkyl halides is 1. The summed E-state index contributed by atoms with van der Waals surface area (Å²) in [4.78, 5) is 11.5. The second kappa shape index (κ2) is 6.12. The largest absolute Gasteiger partial charge is 0.493 e. The normalized spacial score (nSPS) is 10.6. The minimum absolute atomic E-state index is 0.0760. The van der Waals surface area contributed by atoms with Crippen molar-refractivity contribution < 1.29 is 9.53 Å². The molecule has 0 spiro atoms. The van der Waals surface area contributed by atoms with Crippen molar-refractivity contribution in [2.24, 2.45) is 5.92 Å². The first-order valence-electron chi connectivity index (χ1n) is 5.06. The minimum atomic E-state index is -0.193. The van der Waals surface area contributed by atoms with Gasteiger partial charge in [-0.15, -0.1) is 11.6 Å². The van der Waals surface area contributed by atoms with Crippen LogP contribution in [-0.2, 0) is 0 Å². The Bertz CT molecular complexity index is 375. The number of ketones is 1. The summed E-state index contributed by atoms with van der Waals surface area (Å²) in [6.07, 6.45) is 0. The number of benzene rings is 1. The Morgan fingerprint density at radius 1 is 1.44 bits per heavy atom. The van der Waals surface area contributed by atoms with Gasteiger partial charge in [-0.05, 0) is 24.1 Å². The smallest absolute Gasteiger partial charge is 0.179 e. The maximum absolute atomic E-state index is 11.5. The van der Waals surface area contributed by atoms with Gasteiger partial charge in [-0.1, -0.05) is 25.4 Å². The van der Waals surface area contributed by atoms with E-state index in [-0.39, 0.29) is 11.7 Å². The summed E-state index contributed by atoms with van der Waals surface area (Å²) in [7, 11) is 0. The van der Waals surface area contributed by atoms with E-state index in [1.165, 1.54) is 0 Å². The topological polar surface area (TPSA) is 26.3 Å². The molecular weight excluding hydrogens is 247 g/mol. The Morgan fingerprint density at radius 2 is 2.12 bits per heavy atom. The van der Waals surface area contributed by atoms with Crippen molar-refractivity contribution in [1.82, 2.24) is 0 Å². The lowest BCUT2D eigenvalue weighted by Gasteiger charge is -2.10. The van der Waals surface area contributed by atoms with Crippen molar-refractivity contribution in [2.45, 2.75) is 13.8 Å². The summed E-state index contributed by atoms with van der Waals surface area (Å²) >= 11 is 11.4. The molecule has 16 heavy (non-hydrogen) atoms. The number of ether oxygens (including phenoxy) is 1. The molecular formula is C12H14Cl2O2. The summed E-state index contributed by atoms with van der Waals surface area (Å²) in [5.41, 5.74) is 0.415. The third-order valence-corrected chi connectivity index (χ3v) is 2.52. The standard InChI is InChI=1S/C12H14Cl2O2/c1-8(2)7-16-9-3-4-11(14)10(5-9)12(15)6-13/h3-5,8H,6-7H2,1-2H3. The molecule has 0 atom stereocenters. The lowest BCUT2D eigenvalue weighted by Crippen LogP contribution is -2.06. The van der Waals surface area contributed by atoms with Gasteiger partial charge in [-0.3, -0.25) is 4.79 Å². The summed E-state index contributed by atoms with van der Waals surface area (Å²) < 4.78 is 5.50. The second-order valence-electron chi connectivity index (χ2n) is 3.90. The molecule has 0 amide bonds. The van der Waals surface area contributed by atoms with Gasteiger partial charge in [0.1, 0.15) is 5.75 Å². The highest BCUT2D eigenvalue weighted by molar-refractivity contribution is 6.37. The molecule has 0 N–H and O–H groups in total. The van der Waals surface area contributed by atoms with E-state index in [4.69, 9.17) is 27.9 Å². The van der Waals surface area contributed by atoms with Crippen molar-refractivity contribution in [2.75, 3.05) is 12.5 Å². The van der Waals surface area contributed by atoms with Crippen LogP contribution < -0.4 is 4.74 Å². The quantitative estimate of drug-likeness (QED) is 0.595. The van der Waals surface area contributed by atoms with Gasteiger partial charge >= 0.3 is 0 Å². The van der Waals surface area contributed by atoms with E-state index < -0.39 is 0 Å². The summed E-state index contributed by atoms with van der Waals surface area (Å²) in [5.74, 6) is 0.809. The third kappa shape index (κ3) is 3.69. The average molecular weight is 261 g/mol. The SMILES string of the molecule is CC(C)COc1ccc(Cl)c(C(=O)CCl)c1. The predicted molar refractivity (Wildman–Crippen MR) is 66.8 cm³/mol. The molecule has 0 unspecified atom stereocenters. The van der Waals surface area contributed by atoms with E-state index in [0.717, 1.165) is 0 Å². The van der Waals surface area contributed by atoms with E-state index in [1.54, 1.807) is 18.2 Å². The van der Waals surface area contributed by atoms with Gasteiger partial charge in [0.15, 0.2) is 5.78 Å². The third-order valence-electron chi connectivity index (χ3n) is 1.94. The summed E-state index contributed by atoms with van der Waals surface area (Å²) in [5, 5.41) is 0.405. The van der Waals surface area contributed by atoms with Crippen molar-refractivity contribution in [3.05, 3.63) is 28.8 Å². The lowest BCUT2D eigenvalue weighted by molar-refractivity contribution is 0.102. The Kier molecular flexibility index (Phi) is 5.10. The Balaban J connectivity index is 2.85. The molecule has 0 aliphatic heterocycles. The maximum atomic E-state index is 11.5. The fourth-order valence-electron chi connectivity index (χ4n) is 1.14. The van der Waals surface area contributed by atoms with E-state index in [1.807, 2.05) is 0 Å². The van der Waals surface area contributed by atoms with Crippen molar-refractivity contribution in [1.29, 1.82) is 0 Å². The van der Waals surface area contributed by atoms with Crippen LogP contribution in [0.2, 0.25) is 5.02 Å². The van der Waals surface area contributed by atoms with Crippen LogP contribution in [0.15, 0.2) is 18.2 Å². The van der Waals surface area contributed by atoms with Crippen molar-refractivity contribution >= 4 is 29.0 Å². The minimum Gasteiger partial charge on any atom is -0.493 e. The first kappa shape index (κ1) is 13.3. The molecule has 4 heteroatoms. The average Bonchev–Trinajstić information content (AvgIpc) is 2.27. The Hall–Kier alpha value is -0.730. The predicted octanol–water partition coefficient (Wildman–Crippen LogP) is 3.80. The molecule has 88 valence electrons. The second-order valence-corrected chi connectivity index (χ2v) is 4.58. The fraction of sp³-hybridized carbons (Fsp3) is 0.417. The zero-order chi connectivity index (χ0) is 12.1. The zero-order valence-corrected chi connectivity index (χ0v) is 10.8. The first-order valence-corrected chi connectivity index (χ1v) is 5.97. The van der Waals surface area contributed by atoms with Crippen molar-refractivity contribution in [3.63, 3.8) is 0 Å². The number of hydrogen-bond donors (Lipinski definition) is 0. The molecule has 0 aliphatic carbocycles. The van der Waals surface area contributed by atoms with Gasteiger partial charge in [0.2, 0.25) is 0 Å². The van der Waals surface area contributed by atoms with Crippen molar-refractivity contribution in [3.8, 4) is 5.75 Å². The van der Waals surface area contributed by atoms with Crippen LogP contribution in [0.1, 0.15) is 24.2 Å². The number of halogens is 2. The van der Waals surface area contributed by atoms with E-state index in [0.29, 0.717) is 28.9 Å². The molecule has 2 nitrogen and oxygen atoms in total. The van der Waals surface area contributed by atoms with Gasteiger partial charge in [0.25, 0.3) is 0 Å². The number of carbonyl (C=O) groups excluding carboxylic acids is 1. The highest BCUT2D eigenvalue weighted by atomic mass is 35.5. The molecule has 1 rings (SSSR count). The van der Waals surface area contributed by atoms with Crippen LogP contribution in [-0.4, -0.2) is 18.3 Å². The molecule has 0 aliphatic rings. The lowest BCUT2D eigenvalue weighted by atomic mass is 10.1. The number of Topliss-reactive ketones (excluding diaryl/α,β-unsaturated/α-hetero) is 1. The number of carbonyl (C=O) groups is 1. The van der Waals surface area contributed by atoms with Gasteiger partial charge in [-0.2, -0.15) is 0 Å². The van der Waals surface area contributed by atoms with E-state index in [2.05, 4.69) is 13.8 Å². The van der Waals surface area contributed by atoms with Crippen LogP contribution in [0.4, 0.5) is 0 Å². The highest BCUT2D eigenvalue weighted by Crippen LogP contribution is 2.23. The Morgan fingerprint density at radius 3 is 2.69 bits per heavy atom. The summed E-state index contributed by atoms with van der Waals surface area (Å²) in [6.45, 7) is 4.72.